The van der Waals surface area contributed by atoms with Crippen molar-refractivity contribution in [2.75, 3.05) is 25.5 Å². The fourth-order valence-corrected chi connectivity index (χ4v) is 4.67. The van der Waals surface area contributed by atoms with E-state index in [1.165, 1.54) is 39.3 Å². The van der Waals surface area contributed by atoms with E-state index in [-0.39, 0.29) is 23.0 Å². The van der Waals surface area contributed by atoms with Gasteiger partial charge >= 0.3 is 0 Å². The molecule has 11 nitrogen and oxygen atoms in total. The van der Waals surface area contributed by atoms with E-state index in [0.29, 0.717) is 25.1 Å². The van der Waals surface area contributed by atoms with Crippen LogP contribution in [0.25, 0.3) is 0 Å². The number of aryl methyl sites for hydroxylation is 2. The largest absolute Gasteiger partial charge is 0.354 e. The molecule has 1 fully saturated rings. The Morgan fingerprint density at radius 1 is 1.21 bits per heavy atom. The number of carbonyl (C=O) groups excluding carboxylic acids is 2. The molecule has 2 aromatic heterocycles. The minimum absolute atomic E-state index is 0.0681. The number of nitrogens with zero attached hydrogens (tertiary/aromatic N) is 5. The Morgan fingerprint density at radius 3 is 2.61 bits per heavy atom. The molecule has 12 heteroatoms. The predicted octanol–water partition coefficient (Wildman–Crippen LogP) is -0.447. The van der Waals surface area contributed by atoms with Crippen molar-refractivity contribution in [2.24, 2.45) is 20.0 Å². The molecule has 0 unspecified atom stereocenters. The monoisotopic (exact) mass is 409 g/mol. The van der Waals surface area contributed by atoms with Crippen LogP contribution in [0.5, 0.6) is 0 Å². The number of aromatic nitrogens is 4. The predicted molar refractivity (Wildman–Crippen MR) is 99.9 cm³/mol. The normalized spacial score (nSPS) is 18.0. The van der Waals surface area contributed by atoms with Gasteiger partial charge in [0.1, 0.15) is 4.90 Å². The molecule has 0 saturated carbocycles. The summed E-state index contributed by atoms with van der Waals surface area (Å²) in [6, 6.07) is 0. The van der Waals surface area contributed by atoms with Gasteiger partial charge in [-0.15, -0.1) is 0 Å². The van der Waals surface area contributed by atoms with Gasteiger partial charge in [-0.2, -0.15) is 14.5 Å². The van der Waals surface area contributed by atoms with Crippen LogP contribution in [0.4, 0.5) is 5.69 Å². The van der Waals surface area contributed by atoms with Gasteiger partial charge in [-0.25, -0.2) is 8.42 Å². The fourth-order valence-electron chi connectivity index (χ4n) is 3.16. The average molecular weight is 409 g/mol. The van der Waals surface area contributed by atoms with Crippen molar-refractivity contribution in [2.45, 2.75) is 17.7 Å². The Bertz CT molecular complexity index is 995. The van der Waals surface area contributed by atoms with Crippen molar-refractivity contribution in [3.05, 3.63) is 24.3 Å². The third kappa shape index (κ3) is 3.92. The zero-order chi connectivity index (χ0) is 20.5. The average Bonchev–Trinajstić information content (AvgIpc) is 3.27. The number of sulfonamides is 1. The van der Waals surface area contributed by atoms with Crippen LogP contribution < -0.4 is 10.6 Å². The molecule has 1 saturated heterocycles. The molecule has 0 bridgehead atoms. The van der Waals surface area contributed by atoms with Crippen LogP contribution in [0, 0.1) is 5.92 Å². The van der Waals surface area contributed by atoms with E-state index >= 15 is 0 Å². The maximum Gasteiger partial charge on any atom is 0.273 e. The molecule has 1 atom stereocenters. The topological polar surface area (TPSA) is 131 Å². The van der Waals surface area contributed by atoms with Gasteiger partial charge in [0.05, 0.1) is 17.8 Å². The number of hydrogen-bond donors (Lipinski definition) is 2. The second-order valence-electron chi connectivity index (χ2n) is 6.69. The summed E-state index contributed by atoms with van der Waals surface area (Å²) in [7, 11) is 1.05. The quantitative estimate of drug-likeness (QED) is 0.688. The smallest absolute Gasteiger partial charge is 0.273 e. The van der Waals surface area contributed by atoms with Gasteiger partial charge in [-0.3, -0.25) is 19.0 Å². The summed E-state index contributed by atoms with van der Waals surface area (Å²) >= 11 is 0. The molecule has 1 aliphatic rings. The molecule has 0 aromatic carbocycles. The first-order valence-electron chi connectivity index (χ1n) is 8.77. The van der Waals surface area contributed by atoms with E-state index in [2.05, 4.69) is 20.8 Å². The van der Waals surface area contributed by atoms with Gasteiger partial charge in [0.2, 0.25) is 15.9 Å². The summed E-state index contributed by atoms with van der Waals surface area (Å²) in [4.78, 5) is 24.8. The van der Waals surface area contributed by atoms with Crippen molar-refractivity contribution >= 4 is 27.5 Å². The Hall–Kier alpha value is -2.73. The van der Waals surface area contributed by atoms with Crippen LogP contribution in [-0.2, 0) is 28.9 Å². The lowest BCUT2D eigenvalue weighted by atomic mass is 9.99. The van der Waals surface area contributed by atoms with Gasteiger partial charge in [-0.05, 0) is 12.8 Å². The second kappa shape index (κ2) is 7.72. The number of nitrogens with one attached hydrogen (secondary N) is 2. The molecule has 2 N–H and O–H groups in total. The first-order chi connectivity index (χ1) is 13.2. The second-order valence-corrected chi connectivity index (χ2v) is 8.62. The van der Waals surface area contributed by atoms with Gasteiger partial charge in [0.25, 0.3) is 5.91 Å². The molecular formula is C16H23N7O4S. The number of carbonyl (C=O) groups is 2. The van der Waals surface area contributed by atoms with Gasteiger partial charge in [-0.1, -0.05) is 0 Å². The van der Waals surface area contributed by atoms with Crippen molar-refractivity contribution in [3.8, 4) is 0 Å². The first kappa shape index (κ1) is 20.0. The Balaban J connectivity index is 1.74. The summed E-state index contributed by atoms with van der Waals surface area (Å²) < 4.78 is 29.7. The molecule has 1 aliphatic heterocycles. The van der Waals surface area contributed by atoms with Gasteiger partial charge < -0.3 is 10.6 Å². The lowest BCUT2D eigenvalue weighted by molar-refractivity contribution is -0.120. The summed E-state index contributed by atoms with van der Waals surface area (Å²) in [6.07, 6.45) is 5.39. The molecule has 2 amide bonds. The van der Waals surface area contributed by atoms with E-state index in [4.69, 9.17) is 0 Å². The lowest BCUT2D eigenvalue weighted by Gasteiger charge is -2.30. The van der Waals surface area contributed by atoms with Crippen LogP contribution in [0.3, 0.4) is 0 Å². The van der Waals surface area contributed by atoms with Gasteiger partial charge in [0, 0.05) is 46.6 Å². The standard InChI is InChI=1S/C16H23N7O4S/c1-17-16(25)14-13(10-22(3)20-14)19-15(24)11-5-4-6-23(8-11)28(26,27)12-7-18-21(2)9-12/h7,9-11H,4-6,8H2,1-3H3,(H,17,25)(H,19,24)/t11-/m0/s1. The van der Waals surface area contributed by atoms with Crippen LogP contribution in [0.1, 0.15) is 23.3 Å². The minimum atomic E-state index is -3.71. The Morgan fingerprint density at radius 2 is 1.96 bits per heavy atom. The summed E-state index contributed by atoms with van der Waals surface area (Å²) in [6.45, 7) is 0.413. The highest BCUT2D eigenvalue weighted by Gasteiger charge is 2.34. The molecule has 0 spiro atoms. The highest BCUT2D eigenvalue weighted by atomic mass is 32.2. The van der Waals surface area contributed by atoms with Crippen molar-refractivity contribution in [1.82, 2.24) is 29.2 Å². The Labute approximate surface area is 162 Å². The van der Waals surface area contributed by atoms with Crippen molar-refractivity contribution in [1.29, 1.82) is 0 Å². The zero-order valence-corrected chi connectivity index (χ0v) is 16.7. The third-order valence-corrected chi connectivity index (χ3v) is 6.42. The van der Waals surface area contributed by atoms with Crippen LogP contribution in [0.2, 0.25) is 0 Å². The molecule has 3 rings (SSSR count). The number of piperidine rings is 1. The van der Waals surface area contributed by atoms with E-state index < -0.39 is 21.8 Å². The molecule has 2 aromatic rings. The first-order valence-corrected chi connectivity index (χ1v) is 10.2. The van der Waals surface area contributed by atoms with Crippen LogP contribution in [0.15, 0.2) is 23.5 Å². The van der Waals surface area contributed by atoms with Crippen LogP contribution >= 0.6 is 0 Å². The van der Waals surface area contributed by atoms with Crippen LogP contribution in [-0.4, -0.2) is 64.2 Å². The molecule has 0 radical (unpaired) electrons. The minimum Gasteiger partial charge on any atom is -0.354 e. The number of anilines is 1. The van der Waals surface area contributed by atoms with E-state index in [0.717, 1.165) is 0 Å². The maximum atomic E-state index is 12.8. The van der Waals surface area contributed by atoms with E-state index in [9.17, 15) is 18.0 Å². The summed E-state index contributed by atoms with van der Waals surface area (Å²) in [5.41, 5.74) is 0.396. The van der Waals surface area contributed by atoms with E-state index in [1.807, 2.05) is 0 Å². The molecule has 0 aliphatic carbocycles. The highest BCUT2D eigenvalue weighted by Crippen LogP contribution is 2.25. The lowest BCUT2D eigenvalue weighted by Crippen LogP contribution is -2.43. The van der Waals surface area contributed by atoms with E-state index in [1.54, 1.807) is 14.1 Å². The Kier molecular flexibility index (Phi) is 5.52. The number of amides is 2. The fraction of sp³-hybridized carbons (Fsp3) is 0.500. The SMILES string of the molecule is CNC(=O)c1nn(C)cc1NC(=O)[C@H]1CCCN(S(=O)(=O)c2cnn(C)c2)C1. The van der Waals surface area contributed by atoms with Gasteiger partial charge in [0.15, 0.2) is 5.69 Å². The summed E-state index contributed by atoms with van der Waals surface area (Å²) in [5, 5.41) is 13.1. The number of rotatable bonds is 5. The number of hydrogen-bond acceptors (Lipinski definition) is 6. The zero-order valence-electron chi connectivity index (χ0n) is 15.9. The van der Waals surface area contributed by atoms with Crippen molar-refractivity contribution in [3.63, 3.8) is 0 Å². The summed E-state index contributed by atoms with van der Waals surface area (Å²) in [5.74, 6) is -1.29. The molecule has 28 heavy (non-hydrogen) atoms. The van der Waals surface area contributed by atoms with Crippen molar-refractivity contribution < 1.29 is 18.0 Å². The molecule has 3 heterocycles. The molecular weight excluding hydrogens is 386 g/mol. The maximum absolute atomic E-state index is 12.8. The highest BCUT2D eigenvalue weighted by molar-refractivity contribution is 7.89. The molecule has 152 valence electrons. The third-order valence-electron chi connectivity index (χ3n) is 4.60.